The van der Waals surface area contributed by atoms with E-state index in [1.165, 1.54) is 11.2 Å². The molecule has 0 bridgehead atoms. The van der Waals surface area contributed by atoms with Crippen LogP contribution in [0.5, 0.6) is 0 Å². The number of amides is 2. The fourth-order valence-corrected chi connectivity index (χ4v) is 3.34. The van der Waals surface area contributed by atoms with E-state index < -0.39 is 17.5 Å². The molecule has 3 aromatic rings. The summed E-state index contributed by atoms with van der Waals surface area (Å²) in [5, 5.41) is 8.96. The molecule has 0 saturated heterocycles. The molecule has 2 amide bonds. The Balaban J connectivity index is 2.02. The summed E-state index contributed by atoms with van der Waals surface area (Å²) in [7, 11) is 0. The van der Waals surface area contributed by atoms with Gasteiger partial charge in [0.2, 0.25) is 0 Å². The summed E-state index contributed by atoms with van der Waals surface area (Å²) in [6.45, 7) is 5.79. The number of carbonyl (C=O) groups excluding carboxylic acids is 2. The van der Waals surface area contributed by atoms with Crippen molar-refractivity contribution in [2.75, 3.05) is 0 Å². The number of halogens is 1. The third kappa shape index (κ3) is 5.42. The molecule has 1 N–H and O–H groups in total. The van der Waals surface area contributed by atoms with Gasteiger partial charge in [-0.3, -0.25) is 9.59 Å². The van der Waals surface area contributed by atoms with Crippen molar-refractivity contribution in [3.8, 4) is 0 Å². The lowest BCUT2D eigenvalue weighted by molar-refractivity contribution is -0.128. The van der Waals surface area contributed by atoms with Crippen LogP contribution in [0.15, 0.2) is 52.5 Å². The van der Waals surface area contributed by atoms with Crippen LogP contribution in [0.2, 0.25) is 5.02 Å². The van der Waals surface area contributed by atoms with E-state index in [-0.39, 0.29) is 18.1 Å². The second-order valence-electron chi connectivity index (χ2n) is 7.51. The lowest BCUT2D eigenvalue weighted by atomic mass is 10.1. The molecule has 2 heterocycles. The molecule has 0 unspecified atom stereocenters. The molecular formula is C20H21ClN4O3S. The molecule has 0 saturated carbocycles. The predicted molar refractivity (Wildman–Crippen MR) is 111 cm³/mol. The van der Waals surface area contributed by atoms with Gasteiger partial charge in [0.05, 0.1) is 6.26 Å². The van der Waals surface area contributed by atoms with E-state index in [1.807, 2.05) is 32.9 Å². The molecule has 0 aliphatic carbocycles. The van der Waals surface area contributed by atoms with E-state index in [0.717, 1.165) is 17.1 Å². The summed E-state index contributed by atoms with van der Waals surface area (Å²) >= 11 is 7.05. The Labute approximate surface area is 177 Å². The molecule has 0 radical (unpaired) electrons. The van der Waals surface area contributed by atoms with Crippen LogP contribution in [-0.2, 0) is 11.3 Å². The standard InChI is InChI=1S/C20H21ClN4O3S/c1-20(2,3)22-18(26)17(16-5-4-10-28-16)25(19(27)15-12-29-24-23-15)11-13-6-8-14(21)9-7-13/h4-10,12,17H,11H2,1-3H3,(H,22,26)/t17-/m1/s1. The highest BCUT2D eigenvalue weighted by molar-refractivity contribution is 7.03. The number of nitrogens with zero attached hydrogens (tertiary/aromatic N) is 3. The average molecular weight is 433 g/mol. The second-order valence-corrected chi connectivity index (χ2v) is 8.55. The first-order valence-electron chi connectivity index (χ1n) is 8.92. The Bertz CT molecular complexity index is 951. The topological polar surface area (TPSA) is 88.3 Å². The molecule has 29 heavy (non-hydrogen) atoms. The van der Waals surface area contributed by atoms with Crippen LogP contribution in [0, 0.1) is 0 Å². The van der Waals surface area contributed by atoms with E-state index in [0.29, 0.717) is 10.8 Å². The van der Waals surface area contributed by atoms with Crippen molar-refractivity contribution in [2.24, 2.45) is 0 Å². The van der Waals surface area contributed by atoms with Gasteiger partial charge in [0.1, 0.15) is 5.76 Å². The van der Waals surface area contributed by atoms with E-state index >= 15 is 0 Å². The zero-order valence-corrected chi connectivity index (χ0v) is 17.8. The summed E-state index contributed by atoms with van der Waals surface area (Å²) in [5.74, 6) is -0.408. The number of carbonyl (C=O) groups is 2. The molecule has 0 aliphatic heterocycles. The quantitative estimate of drug-likeness (QED) is 0.633. The summed E-state index contributed by atoms with van der Waals surface area (Å²) in [6.07, 6.45) is 1.47. The van der Waals surface area contributed by atoms with Crippen molar-refractivity contribution < 1.29 is 14.0 Å². The molecule has 0 spiro atoms. The van der Waals surface area contributed by atoms with E-state index in [1.54, 1.807) is 29.6 Å². The number of aromatic nitrogens is 2. The lowest BCUT2D eigenvalue weighted by Gasteiger charge is -2.32. The largest absolute Gasteiger partial charge is 0.467 e. The highest BCUT2D eigenvalue weighted by Crippen LogP contribution is 2.27. The Morgan fingerprint density at radius 2 is 1.97 bits per heavy atom. The van der Waals surface area contributed by atoms with Gasteiger partial charge in [-0.1, -0.05) is 28.2 Å². The fourth-order valence-electron chi connectivity index (χ4n) is 2.78. The molecule has 1 aromatic carbocycles. The van der Waals surface area contributed by atoms with Gasteiger partial charge in [0, 0.05) is 22.5 Å². The van der Waals surface area contributed by atoms with Crippen molar-refractivity contribution in [3.63, 3.8) is 0 Å². The van der Waals surface area contributed by atoms with Crippen molar-refractivity contribution in [2.45, 2.75) is 38.9 Å². The van der Waals surface area contributed by atoms with Crippen molar-refractivity contribution in [1.82, 2.24) is 19.8 Å². The fraction of sp³-hybridized carbons (Fsp3) is 0.300. The summed E-state index contributed by atoms with van der Waals surface area (Å²) in [5.41, 5.74) is 0.495. The Morgan fingerprint density at radius 3 is 2.52 bits per heavy atom. The molecule has 3 rings (SSSR count). The van der Waals surface area contributed by atoms with Crippen LogP contribution >= 0.6 is 23.1 Å². The molecule has 9 heteroatoms. The van der Waals surface area contributed by atoms with Gasteiger partial charge in [0.25, 0.3) is 11.8 Å². The lowest BCUT2D eigenvalue weighted by Crippen LogP contribution is -2.49. The van der Waals surface area contributed by atoms with Gasteiger partial charge >= 0.3 is 0 Å². The zero-order chi connectivity index (χ0) is 21.0. The van der Waals surface area contributed by atoms with E-state index in [2.05, 4.69) is 14.9 Å². The highest BCUT2D eigenvalue weighted by atomic mass is 35.5. The van der Waals surface area contributed by atoms with Gasteiger partial charge < -0.3 is 14.6 Å². The molecular weight excluding hydrogens is 412 g/mol. The van der Waals surface area contributed by atoms with Crippen molar-refractivity contribution in [1.29, 1.82) is 0 Å². The highest BCUT2D eigenvalue weighted by Gasteiger charge is 2.36. The van der Waals surface area contributed by atoms with Crippen LogP contribution in [0.25, 0.3) is 0 Å². The average Bonchev–Trinajstić information content (AvgIpc) is 3.35. The normalized spacial score (nSPS) is 12.4. The van der Waals surface area contributed by atoms with Crippen LogP contribution in [-0.4, -0.2) is 31.8 Å². The van der Waals surface area contributed by atoms with Crippen LogP contribution in [0.3, 0.4) is 0 Å². The number of hydrogen-bond acceptors (Lipinski definition) is 6. The molecule has 1 atom stereocenters. The minimum Gasteiger partial charge on any atom is -0.467 e. The smallest absolute Gasteiger partial charge is 0.276 e. The van der Waals surface area contributed by atoms with Crippen LogP contribution in [0.4, 0.5) is 0 Å². The Kier molecular flexibility index (Phi) is 6.34. The number of benzene rings is 1. The minimum atomic E-state index is -0.978. The van der Waals surface area contributed by atoms with Crippen molar-refractivity contribution in [3.05, 3.63) is 70.1 Å². The molecule has 2 aromatic heterocycles. The summed E-state index contributed by atoms with van der Waals surface area (Å²) in [4.78, 5) is 27.9. The zero-order valence-electron chi connectivity index (χ0n) is 16.3. The van der Waals surface area contributed by atoms with Gasteiger partial charge in [-0.15, -0.1) is 5.10 Å². The van der Waals surface area contributed by atoms with Crippen LogP contribution in [0.1, 0.15) is 48.6 Å². The van der Waals surface area contributed by atoms with E-state index in [9.17, 15) is 9.59 Å². The van der Waals surface area contributed by atoms with Gasteiger partial charge in [-0.05, 0) is 62.1 Å². The Morgan fingerprint density at radius 1 is 1.24 bits per heavy atom. The molecule has 0 fully saturated rings. The summed E-state index contributed by atoms with van der Waals surface area (Å²) in [6, 6.07) is 9.47. The number of rotatable bonds is 6. The predicted octanol–water partition coefficient (Wildman–Crippen LogP) is 4.08. The van der Waals surface area contributed by atoms with Gasteiger partial charge in [0.15, 0.2) is 11.7 Å². The molecule has 0 aliphatic rings. The van der Waals surface area contributed by atoms with Gasteiger partial charge in [-0.25, -0.2) is 0 Å². The third-order valence-electron chi connectivity index (χ3n) is 3.98. The third-order valence-corrected chi connectivity index (χ3v) is 4.73. The number of furan rings is 1. The van der Waals surface area contributed by atoms with Crippen molar-refractivity contribution >= 4 is 34.9 Å². The van der Waals surface area contributed by atoms with Crippen LogP contribution < -0.4 is 5.32 Å². The maximum Gasteiger partial charge on any atom is 0.276 e. The number of nitrogens with one attached hydrogen (secondary N) is 1. The number of hydrogen-bond donors (Lipinski definition) is 1. The summed E-state index contributed by atoms with van der Waals surface area (Å²) < 4.78 is 9.30. The minimum absolute atomic E-state index is 0.163. The maximum absolute atomic E-state index is 13.3. The molecule has 152 valence electrons. The monoisotopic (exact) mass is 432 g/mol. The van der Waals surface area contributed by atoms with Gasteiger partial charge in [-0.2, -0.15) is 0 Å². The first kappa shape index (κ1) is 21.0. The Hall–Kier alpha value is -2.71. The maximum atomic E-state index is 13.3. The SMILES string of the molecule is CC(C)(C)NC(=O)[C@@H](c1ccco1)N(Cc1ccc(Cl)cc1)C(=O)c1csnn1. The molecule has 7 nitrogen and oxygen atoms in total. The first-order valence-corrected chi connectivity index (χ1v) is 10.1. The first-order chi connectivity index (χ1) is 13.7. The second kappa shape index (κ2) is 8.75. The van der Waals surface area contributed by atoms with E-state index in [4.69, 9.17) is 16.0 Å².